The molecule has 0 aromatic carbocycles. The number of aryl methyl sites for hydroxylation is 1. The number of hydrogen-bond acceptors (Lipinski definition) is 5. The number of nitrogens with one attached hydrogen (secondary N) is 1. The van der Waals surface area contributed by atoms with Gasteiger partial charge in [0.05, 0.1) is 18.2 Å². The molecule has 120 valence electrons. The van der Waals surface area contributed by atoms with Crippen LogP contribution < -0.4 is 5.56 Å². The molecule has 1 N–H and O–H groups in total. The average Bonchev–Trinajstić information content (AvgIpc) is 2.51. The molecule has 22 heavy (non-hydrogen) atoms. The molecule has 1 fully saturated rings. The number of ether oxygens (including phenoxy) is 1. The Morgan fingerprint density at radius 1 is 1.32 bits per heavy atom. The van der Waals surface area contributed by atoms with Crippen LogP contribution in [0.3, 0.4) is 0 Å². The lowest BCUT2D eigenvalue weighted by Gasteiger charge is -2.31. The highest BCUT2D eigenvalue weighted by molar-refractivity contribution is 5.95. The number of nitrogens with zero attached hydrogens (tertiary/aromatic N) is 2. The van der Waals surface area contributed by atoms with Gasteiger partial charge in [0, 0.05) is 13.1 Å². The van der Waals surface area contributed by atoms with E-state index in [0.717, 1.165) is 0 Å². The zero-order chi connectivity index (χ0) is 16.3. The average molecular weight is 307 g/mol. The monoisotopic (exact) mass is 307 g/mol. The van der Waals surface area contributed by atoms with Gasteiger partial charge in [-0.05, 0) is 39.2 Å². The lowest BCUT2D eigenvalue weighted by molar-refractivity contribution is -0.149. The third-order valence-electron chi connectivity index (χ3n) is 4.09. The smallest absolute Gasteiger partial charge is 0.309 e. The van der Waals surface area contributed by atoms with Crippen LogP contribution in [0.1, 0.15) is 41.4 Å². The summed E-state index contributed by atoms with van der Waals surface area (Å²) in [6.07, 6.45) is 1.12. The van der Waals surface area contributed by atoms with E-state index in [4.69, 9.17) is 4.74 Å². The Balaban J connectivity index is 2.09. The summed E-state index contributed by atoms with van der Waals surface area (Å²) in [5.41, 5.74) is 0.897. The SMILES string of the molecule is CCOC(=O)C1CCN(C(=O)c2c(C)c(C)n[nH]c2=O)CC1. The molecule has 1 aromatic rings. The summed E-state index contributed by atoms with van der Waals surface area (Å²) in [7, 11) is 0. The topological polar surface area (TPSA) is 92.4 Å². The van der Waals surface area contributed by atoms with Gasteiger partial charge >= 0.3 is 5.97 Å². The Hall–Kier alpha value is -2.18. The van der Waals surface area contributed by atoms with Crippen LogP contribution in [-0.4, -0.2) is 46.7 Å². The van der Waals surface area contributed by atoms with Gasteiger partial charge in [0.15, 0.2) is 0 Å². The number of esters is 1. The molecule has 0 bridgehead atoms. The highest BCUT2D eigenvalue weighted by atomic mass is 16.5. The van der Waals surface area contributed by atoms with E-state index in [1.54, 1.807) is 25.7 Å². The third-order valence-corrected chi connectivity index (χ3v) is 4.09. The molecule has 0 atom stereocenters. The van der Waals surface area contributed by atoms with Gasteiger partial charge in [0.1, 0.15) is 5.56 Å². The van der Waals surface area contributed by atoms with Gasteiger partial charge < -0.3 is 9.64 Å². The number of hydrogen-bond donors (Lipinski definition) is 1. The van der Waals surface area contributed by atoms with E-state index in [0.29, 0.717) is 43.8 Å². The predicted molar refractivity (Wildman–Crippen MR) is 79.6 cm³/mol. The van der Waals surface area contributed by atoms with Crippen LogP contribution >= 0.6 is 0 Å². The number of piperidine rings is 1. The van der Waals surface area contributed by atoms with E-state index in [1.165, 1.54) is 0 Å². The molecule has 1 aromatic heterocycles. The standard InChI is InChI=1S/C15H21N3O4/c1-4-22-15(21)11-5-7-18(8-6-11)14(20)12-9(2)10(3)16-17-13(12)19/h11H,4-8H2,1-3H3,(H,17,19). The quantitative estimate of drug-likeness (QED) is 0.834. The first-order valence-corrected chi connectivity index (χ1v) is 7.47. The third kappa shape index (κ3) is 3.18. The maximum absolute atomic E-state index is 12.6. The highest BCUT2D eigenvalue weighted by Crippen LogP contribution is 2.20. The molecule has 7 nitrogen and oxygen atoms in total. The van der Waals surface area contributed by atoms with Crippen LogP contribution in [0.15, 0.2) is 4.79 Å². The van der Waals surface area contributed by atoms with Gasteiger partial charge in [-0.3, -0.25) is 14.4 Å². The summed E-state index contributed by atoms with van der Waals surface area (Å²) >= 11 is 0. The summed E-state index contributed by atoms with van der Waals surface area (Å²) in [6.45, 7) is 6.50. The first-order chi connectivity index (χ1) is 10.5. The fraction of sp³-hybridized carbons (Fsp3) is 0.600. The molecule has 7 heteroatoms. The van der Waals surface area contributed by atoms with Gasteiger partial charge in [-0.1, -0.05) is 0 Å². The first kappa shape index (κ1) is 16.2. The predicted octanol–water partition coefficient (Wildman–Crippen LogP) is 0.802. The molecule has 1 amide bonds. The minimum atomic E-state index is -0.472. The molecule has 0 unspecified atom stereocenters. The van der Waals surface area contributed by atoms with Crippen LogP contribution in [-0.2, 0) is 9.53 Å². The van der Waals surface area contributed by atoms with E-state index < -0.39 is 5.56 Å². The van der Waals surface area contributed by atoms with Gasteiger partial charge in [0.2, 0.25) is 0 Å². The number of aromatic amines is 1. The molecule has 1 aliphatic rings. The minimum absolute atomic E-state index is 0.141. The number of carbonyl (C=O) groups is 2. The summed E-state index contributed by atoms with van der Waals surface area (Å²) in [6, 6.07) is 0. The van der Waals surface area contributed by atoms with Crippen molar-refractivity contribution in [1.82, 2.24) is 15.1 Å². The molecule has 0 spiro atoms. The molecule has 2 heterocycles. The van der Waals surface area contributed by atoms with Crippen molar-refractivity contribution in [2.24, 2.45) is 5.92 Å². The van der Waals surface area contributed by atoms with Crippen LogP contribution in [0.4, 0.5) is 0 Å². The fourth-order valence-corrected chi connectivity index (χ4v) is 2.62. The molecule has 0 aliphatic carbocycles. The van der Waals surface area contributed by atoms with Gasteiger partial charge in [-0.15, -0.1) is 0 Å². The normalized spacial score (nSPS) is 15.7. The van der Waals surface area contributed by atoms with Crippen LogP contribution in [0.25, 0.3) is 0 Å². The summed E-state index contributed by atoms with van der Waals surface area (Å²) < 4.78 is 5.01. The number of aromatic nitrogens is 2. The number of H-pyrrole nitrogens is 1. The molecular weight excluding hydrogens is 286 g/mol. The van der Waals surface area contributed by atoms with E-state index in [2.05, 4.69) is 10.2 Å². The number of amides is 1. The van der Waals surface area contributed by atoms with Crippen molar-refractivity contribution in [2.45, 2.75) is 33.6 Å². The van der Waals surface area contributed by atoms with E-state index >= 15 is 0 Å². The largest absolute Gasteiger partial charge is 0.466 e. The second-order valence-corrected chi connectivity index (χ2v) is 5.46. The summed E-state index contributed by atoms with van der Waals surface area (Å²) in [4.78, 5) is 37.8. The Bertz CT molecular complexity index is 630. The summed E-state index contributed by atoms with van der Waals surface area (Å²) in [5, 5.41) is 6.20. The number of rotatable bonds is 3. The van der Waals surface area contributed by atoms with Crippen molar-refractivity contribution in [3.8, 4) is 0 Å². The molecule has 0 radical (unpaired) electrons. The van der Waals surface area contributed by atoms with Crippen LogP contribution in [0.2, 0.25) is 0 Å². The molecule has 1 saturated heterocycles. The molecule has 2 rings (SSSR count). The van der Waals surface area contributed by atoms with E-state index in [1.807, 2.05) is 0 Å². The lowest BCUT2D eigenvalue weighted by atomic mass is 9.96. The Morgan fingerprint density at radius 2 is 1.95 bits per heavy atom. The van der Waals surface area contributed by atoms with Gasteiger partial charge in [-0.2, -0.15) is 5.10 Å². The van der Waals surface area contributed by atoms with Crippen molar-refractivity contribution < 1.29 is 14.3 Å². The zero-order valence-electron chi connectivity index (χ0n) is 13.1. The lowest BCUT2D eigenvalue weighted by Crippen LogP contribution is -2.43. The van der Waals surface area contributed by atoms with Crippen molar-refractivity contribution in [3.05, 3.63) is 27.2 Å². The van der Waals surface area contributed by atoms with Gasteiger partial charge in [-0.25, -0.2) is 5.10 Å². The molecule has 1 aliphatic heterocycles. The maximum atomic E-state index is 12.6. The number of likely N-dealkylation sites (tertiary alicyclic amines) is 1. The first-order valence-electron chi connectivity index (χ1n) is 7.47. The van der Waals surface area contributed by atoms with Crippen molar-refractivity contribution in [1.29, 1.82) is 0 Å². The second kappa shape index (κ2) is 6.72. The van der Waals surface area contributed by atoms with Crippen LogP contribution in [0, 0.1) is 19.8 Å². The molecule has 0 saturated carbocycles. The van der Waals surface area contributed by atoms with Crippen molar-refractivity contribution >= 4 is 11.9 Å². The summed E-state index contributed by atoms with van der Waals surface area (Å²) in [5.74, 6) is -0.669. The fourth-order valence-electron chi connectivity index (χ4n) is 2.62. The van der Waals surface area contributed by atoms with Crippen molar-refractivity contribution in [2.75, 3.05) is 19.7 Å². The zero-order valence-corrected chi connectivity index (χ0v) is 13.1. The second-order valence-electron chi connectivity index (χ2n) is 5.46. The van der Waals surface area contributed by atoms with Crippen LogP contribution in [0.5, 0.6) is 0 Å². The van der Waals surface area contributed by atoms with Gasteiger partial charge in [0.25, 0.3) is 11.5 Å². The maximum Gasteiger partial charge on any atom is 0.309 e. The number of carbonyl (C=O) groups excluding carboxylic acids is 2. The molecular formula is C15H21N3O4. The minimum Gasteiger partial charge on any atom is -0.466 e. The highest BCUT2D eigenvalue weighted by Gasteiger charge is 2.30. The van der Waals surface area contributed by atoms with Crippen molar-refractivity contribution in [3.63, 3.8) is 0 Å². The Labute approximate surface area is 128 Å². The van der Waals surface area contributed by atoms with E-state index in [-0.39, 0.29) is 23.4 Å². The Morgan fingerprint density at radius 3 is 2.55 bits per heavy atom. The Kier molecular flexibility index (Phi) is 4.95. The van der Waals surface area contributed by atoms with E-state index in [9.17, 15) is 14.4 Å².